The summed E-state index contributed by atoms with van der Waals surface area (Å²) in [4.78, 5) is 24.5. The third kappa shape index (κ3) is 5.05. The van der Waals surface area contributed by atoms with Crippen LogP contribution in [-0.4, -0.2) is 33.3 Å². The van der Waals surface area contributed by atoms with Gasteiger partial charge in [-0.2, -0.15) is 0 Å². The van der Waals surface area contributed by atoms with Gasteiger partial charge in [-0.1, -0.05) is 24.3 Å². The van der Waals surface area contributed by atoms with Gasteiger partial charge in [-0.05, 0) is 42.5 Å². The highest BCUT2D eigenvalue weighted by atomic mass is 32.2. The minimum Gasteiger partial charge on any atom is -0.346 e. The Morgan fingerprint density at radius 1 is 1.19 bits per heavy atom. The van der Waals surface area contributed by atoms with Gasteiger partial charge in [0, 0.05) is 18.0 Å². The Labute approximate surface area is 163 Å². The number of amides is 2. The van der Waals surface area contributed by atoms with E-state index in [1.54, 1.807) is 36.6 Å². The van der Waals surface area contributed by atoms with E-state index in [1.807, 2.05) is 13.0 Å². The molecule has 0 aliphatic rings. The topological polar surface area (TPSA) is 92.3 Å². The van der Waals surface area contributed by atoms with E-state index in [2.05, 4.69) is 17.2 Å². The highest BCUT2D eigenvalue weighted by Gasteiger charge is 2.32. The van der Waals surface area contributed by atoms with Crippen LogP contribution in [0.5, 0.6) is 0 Å². The molecular formula is C19H22N2O4S2. The molecule has 0 unspecified atom stereocenters. The molecular weight excluding hydrogens is 384 g/mol. The molecule has 1 heterocycles. The summed E-state index contributed by atoms with van der Waals surface area (Å²) in [6.07, 6.45) is 1.45. The van der Waals surface area contributed by atoms with Crippen LogP contribution in [0.1, 0.15) is 21.3 Å². The van der Waals surface area contributed by atoms with Gasteiger partial charge < -0.3 is 10.6 Å². The van der Waals surface area contributed by atoms with Crippen LogP contribution in [0.4, 0.5) is 0 Å². The number of aryl methyl sites for hydroxylation is 2. The molecule has 0 aliphatic heterocycles. The highest BCUT2D eigenvalue weighted by Crippen LogP contribution is 2.33. The number of benzene rings is 1. The first-order chi connectivity index (χ1) is 12.8. The molecule has 0 radical (unpaired) electrons. The van der Waals surface area contributed by atoms with Crippen molar-refractivity contribution in [2.75, 3.05) is 13.1 Å². The second-order valence-electron chi connectivity index (χ2n) is 6.03. The minimum absolute atomic E-state index is 0.154. The van der Waals surface area contributed by atoms with Crippen molar-refractivity contribution in [1.29, 1.82) is 0 Å². The number of sulfone groups is 1. The molecule has 8 heteroatoms. The zero-order valence-corrected chi connectivity index (χ0v) is 16.8. The summed E-state index contributed by atoms with van der Waals surface area (Å²) in [5, 5.41) is 5.59. The average Bonchev–Trinajstić information content (AvgIpc) is 3.15. The summed E-state index contributed by atoms with van der Waals surface area (Å²) in [6, 6.07) is 8.70. The molecule has 6 nitrogen and oxygen atoms in total. The van der Waals surface area contributed by atoms with Gasteiger partial charge in [0.05, 0.1) is 4.90 Å². The van der Waals surface area contributed by atoms with E-state index in [0.717, 1.165) is 5.56 Å². The summed E-state index contributed by atoms with van der Waals surface area (Å²) in [7, 11) is -3.77. The lowest BCUT2D eigenvalue weighted by atomic mass is 10.2. The maximum atomic E-state index is 13.3. The van der Waals surface area contributed by atoms with Crippen LogP contribution >= 0.6 is 11.3 Å². The van der Waals surface area contributed by atoms with Crippen molar-refractivity contribution in [3.05, 3.63) is 64.4 Å². The molecule has 0 bridgehead atoms. The first-order valence-electron chi connectivity index (χ1n) is 8.29. The van der Waals surface area contributed by atoms with Crippen LogP contribution in [0.2, 0.25) is 0 Å². The molecule has 1 aromatic heterocycles. The standard InChI is InChI=1S/C19H22N2O4S2/c1-4-9-20-18(22)19(23)21-12-17(15-6-5-10-26-15)27(24,25)16-11-13(2)7-8-14(16)3/h4-8,10-11,17H,1,9,12H2,2-3H3,(H,20,22)(H,21,23)/t17-/m0/s1. The second-order valence-corrected chi connectivity index (χ2v) is 9.10. The van der Waals surface area contributed by atoms with Gasteiger partial charge in [-0.25, -0.2) is 8.42 Å². The Kier molecular flexibility index (Phi) is 6.92. The van der Waals surface area contributed by atoms with Crippen molar-refractivity contribution < 1.29 is 18.0 Å². The highest BCUT2D eigenvalue weighted by molar-refractivity contribution is 7.92. The predicted molar refractivity (Wildman–Crippen MR) is 106 cm³/mol. The molecule has 0 spiro atoms. The first kappa shape index (κ1) is 20.9. The summed E-state index contributed by atoms with van der Waals surface area (Å²) >= 11 is 1.29. The number of carbonyl (C=O) groups is 2. The summed E-state index contributed by atoms with van der Waals surface area (Å²) in [6.45, 7) is 6.97. The predicted octanol–water partition coefficient (Wildman–Crippen LogP) is 2.30. The Hall–Kier alpha value is -2.45. The molecule has 2 N–H and O–H groups in total. The number of hydrogen-bond donors (Lipinski definition) is 2. The van der Waals surface area contributed by atoms with E-state index in [-0.39, 0.29) is 18.0 Å². The molecule has 27 heavy (non-hydrogen) atoms. The molecule has 0 aliphatic carbocycles. The van der Waals surface area contributed by atoms with Gasteiger partial charge in [-0.3, -0.25) is 9.59 Å². The molecule has 2 rings (SSSR count). The van der Waals surface area contributed by atoms with Gasteiger partial charge in [0.2, 0.25) is 0 Å². The van der Waals surface area contributed by atoms with E-state index in [9.17, 15) is 18.0 Å². The number of carbonyl (C=O) groups excluding carboxylic acids is 2. The van der Waals surface area contributed by atoms with Crippen LogP contribution in [-0.2, 0) is 19.4 Å². The normalized spacial score (nSPS) is 12.2. The lowest BCUT2D eigenvalue weighted by Crippen LogP contribution is -2.42. The lowest BCUT2D eigenvalue weighted by Gasteiger charge is -2.19. The molecule has 1 atom stereocenters. The Morgan fingerprint density at radius 3 is 2.52 bits per heavy atom. The number of thiophene rings is 1. The molecule has 144 valence electrons. The van der Waals surface area contributed by atoms with Crippen molar-refractivity contribution >= 4 is 33.0 Å². The third-order valence-electron chi connectivity index (χ3n) is 3.95. The van der Waals surface area contributed by atoms with Gasteiger partial charge >= 0.3 is 11.8 Å². The van der Waals surface area contributed by atoms with E-state index in [1.165, 1.54) is 17.4 Å². The van der Waals surface area contributed by atoms with Crippen molar-refractivity contribution in [2.45, 2.75) is 24.0 Å². The molecule has 1 aromatic carbocycles. The van der Waals surface area contributed by atoms with Gasteiger partial charge in [0.1, 0.15) is 5.25 Å². The Morgan fingerprint density at radius 2 is 1.89 bits per heavy atom. The summed E-state index contributed by atoms with van der Waals surface area (Å²) < 4.78 is 26.6. The largest absolute Gasteiger partial charge is 0.346 e. The number of hydrogen-bond acceptors (Lipinski definition) is 5. The van der Waals surface area contributed by atoms with Gasteiger partial charge in [0.25, 0.3) is 0 Å². The van der Waals surface area contributed by atoms with E-state index in [0.29, 0.717) is 10.4 Å². The molecule has 2 aromatic rings. The van der Waals surface area contributed by atoms with Crippen LogP contribution < -0.4 is 10.6 Å². The van der Waals surface area contributed by atoms with Crippen LogP contribution in [0.25, 0.3) is 0 Å². The SMILES string of the molecule is C=CCNC(=O)C(=O)NC[C@@H](c1cccs1)S(=O)(=O)c1cc(C)ccc1C. The monoisotopic (exact) mass is 406 g/mol. The third-order valence-corrected chi connectivity index (χ3v) is 7.30. The zero-order valence-electron chi connectivity index (χ0n) is 15.2. The lowest BCUT2D eigenvalue weighted by molar-refractivity contribution is -0.139. The van der Waals surface area contributed by atoms with Crippen LogP contribution in [0.15, 0.2) is 53.3 Å². The fraction of sp³-hybridized carbons (Fsp3) is 0.263. The van der Waals surface area contributed by atoms with Gasteiger partial charge in [-0.15, -0.1) is 17.9 Å². The molecule has 0 saturated heterocycles. The van der Waals surface area contributed by atoms with Crippen molar-refractivity contribution in [3.63, 3.8) is 0 Å². The molecule has 0 saturated carbocycles. The fourth-order valence-electron chi connectivity index (χ4n) is 2.52. The minimum atomic E-state index is -3.77. The van der Waals surface area contributed by atoms with E-state index < -0.39 is 26.9 Å². The smallest absolute Gasteiger partial charge is 0.309 e. The van der Waals surface area contributed by atoms with Crippen molar-refractivity contribution in [2.24, 2.45) is 0 Å². The van der Waals surface area contributed by atoms with Crippen LogP contribution in [0.3, 0.4) is 0 Å². The fourth-order valence-corrected chi connectivity index (χ4v) is 5.63. The molecule has 2 amide bonds. The summed E-state index contributed by atoms with van der Waals surface area (Å²) in [5.41, 5.74) is 1.47. The zero-order chi connectivity index (χ0) is 20.0. The summed E-state index contributed by atoms with van der Waals surface area (Å²) in [5.74, 6) is -1.71. The quantitative estimate of drug-likeness (QED) is 0.545. The second kappa shape index (κ2) is 8.96. The number of rotatable bonds is 7. The van der Waals surface area contributed by atoms with E-state index >= 15 is 0 Å². The Balaban J connectivity index is 2.30. The maximum Gasteiger partial charge on any atom is 0.309 e. The average molecular weight is 407 g/mol. The van der Waals surface area contributed by atoms with Crippen molar-refractivity contribution in [3.8, 4) is 0 Å². The Bertz CT molecular complexity index is 935. The van der Waals surface area contributed by atoms with Crippen molar-refractivity contribution in [1.82, 2.24) is 10.6 Å². The first-order valence-corrected chi connectivity index (χ1v) is 10.7. The van der Waals surface area contributed by atoms with Gasteiger partial charge in [0.15, 0.2) is 9.84 Å². The molecule has 0 fully saturated rings. The van der Waals surface area contributed by atoms with Crippen LogP contribution in [0, 0.1) is 13.8 Å². The maximum absolute atomic E-state index is 13.3. The number of nitrogens with one attached hydrogen (secondary N) is 2. The van der Waals surface area contributed by atoms with E-state index in [4.69, 9.17) is 0 Å².